The van der Waals surface area contributed by atoms with E-state index in [0.717, 1.165) is 35.5 Å². The number of hydrogen-bond donors (Lipinski definition) is 0. The van der Waals surface area contributed by atoms with Gasteiger partial charge in [0.05, 0.1) is 0 Å². The summed E-state index contributed by atoms with van der Waals surface area (Å²) in [6.07, 6.45) is 19.4. The lowest BCUT2D eigenvalue weighted by Gasteiger charge is -2.54. The van der Waals surface area contributed by atoms with Crippen molar-refractivity contribution in [2.45, 2.75) is 97.3 Å². The Balaban J connectivity index is 1.30. The number of unbranched alkanes of at least 4 members (excludes halogenated alkanes) is 4. The van der Waals surface area contributed by atoms with Crippen molar-refractivity contribution in [1.29, 1.82) is 0 Å². The summed E-state index contributed by atoms with van der Waals surface area (Å²) in [4.78, 5) is 0. The molecule has 6 unspecified atom stereocenters. The molecular formula is C25H38. The van der Waals surface area contributed by atoms with Gasteiger partial charge in [0.25, 0.3) is 0 Å². The first-order valence-electron chi connectivity index (χ1n) is 11.8. The minimum absolute atomic E-state index is 0.989. The molecule has 2 fully saturated rings. The molecule has 0 aromatic heterocycles. The molecule has 0 N–H and O–H groups in total. The van der Waals surface area contributed by atoms with Gasteiger partial charge < -0.3 is 0 Å². The monoisotopic (exact) mass is 338 g/mol. The van der Waals surface area contributed by atoms with E-state index >= 15 is 0 Å². The summed E-state index contributed by atoms with van der Waals surface area (Å²) in [6.45, 7) is 4.71. The molecule has 6 aliphatic rings. The van der Waals surface area contributed by atoms with E-state index in [4.69, 9.17) is 0 Å². The van der Waals surface area contributed by atoms with E-state index in [2.05, 4.69) is 13.8 Å². The molecule has 6 rings (SSSR count). The molecule has 0 aromatic rings. The van der Waals surface area contributed by atoms with Crippen LogP contribution in [-0.2, 0) is 0 Å². The summed E-state index contributed by atoms with van der Waals surface area (Å²) in [7, 11) is 0. The van der Waals surface area contributed by atoms with E-state index in [9.17, 15) is 0 Å². The quantitative estimate of drug-likeness (QED) is 0.403. The fraction of sp³-hybridized carbons (Fsp3) is 0.840. The van der Waals surface area contributed by atoms with E-state index in [0.29, 0.717) is 0 Å². The third-order valence-corrected chi connectivity index (χ3v) is 8.75. The minimum Gasteiger partial charge on any atom is -0.0654 e. The molecule has 0 heterocycles. The predicted molar refractivity (Wildman–Crippen MR) is 106 cm³/mol. The van der Waals surface area contributed by atoms with Crippen molar-refractivity contribution < 1.29 is 0 Å². The lowest BCUT2D eigenvalue weighted by atomic mass is 9.51. The van der Waals surface area contributed by atoms with E-state index in [1.54, 1.807) is 19.3 Å². The molecule has 6 aliphatic carbocycles. The van der Waals surface area contributed by atoms with Crippen molar-refractivity contribution in [2.75, 3.05) is 0 Å². The normalized spacial score (nSPS) is 40.6. The standard InChI is InChI=1S/C25H38/c1-3-5-7-8-10-17-14-19-15-21(17)25-23(19)22-18-11-12-20(24(22)25)16(13-18)9-6-4-2/h16-21H,3-15H2,1-2H3. The van der Waals surface area contributed by atoms with Gasteiger partial charge in [-0.1, -0.05) is 52.4 Å². The van der Waals surface area contributed by atoms with E-state index in [1.807, 2.05) is 22.3 Å². The van der Waals surface area contributed by atoms with Gasteiger partial charge in [-0.05, 0) is 103 Å². The molecule has 0 amide bonds. The van der Waals surface area contributed by atoms with Gasteiger partial charge in [0.1, 0.15) is 0 Å². The first kappa shape index (κ1) is 16.6. The van der Waals surface area contributed by atoms with Gasteiger partial charge in [-0.3, -0.25) is 0 Å². The topological polar surface area (TPSA) is 0 Å². The van der Waals surface area contributed by atoms with Crippen molar-refractivity contribution in [3.8, 4) is 0 Å². The Labute approximate surface area is 155 Å². The highest BCUT2D eigenvalue weighted by Crippen LogP contribution is 2.70. The van der Waals surface area contributed by atoms with Gasteiger partial charge in [-0.25, -0.2) is 0 Å². The Bertz CT molecular complexity index is 591. The smallest absolute Gasteiger partial charge is 0.0122 e. The van der Waals surface area contributed by atoms with Crippen LogP contribution in [0.2, 0.25) is 0 Å². The molecule has 0 aliphatic heterocycles. The molecule has 0 saturated heterocycles. The van der Waals surface area contributed by atoms with Crippen LogP contribution >= 0.6 is 0 Å². The summed E-state index contributed by atoms with van der Waals surface area (Å²) in [5.41, 5.74) is 7.91. The summed E-state index contributed by atoms with van der Waals surface area (Å²) >= 11 is 0. The maximum Gasteiger partial charge on any atom is -0.0122 e. The van der Waals surface area contributed by atoms with Crippen LogP contribution < -0.4 is 0 Å². The van der Waals surface area contributed by atoms with Gasteiger partial charge in [-0.15, -0.1) is 0 Å². The van der Waals surface area contributed by atoms with E-state index < -0.39 is 0 Å². The second kappa shape index (κ2) is 6.58. The SMILES string of the molecule is CCCCCCC1CC2CC1C1=C2C2=C1C1CCC2CC1CCCC. The largest absolute Gasteiger partial charge is 0.0654 e. The summed E-state index contributed by atoms with van der Waals surface area (Å²) < 4.78 is 0. The molecule has 0 aromatic carbocycles. The van der Waals surface area contributed by atoms with Gasteiger partial charge in [0.15, 0.2) is 0 Å². The van der Waals surface area contributed by atoms with Crippen LogP contribution in [0.3, 0.4) is 0 Å². The Morgan fingerprint density at radius 3 is 2.12 bits per heavy atom. The molecule has 6 atom stereocenters. The lowest BCUT2D eigenvalue weighted by molar-refractivity contribution is 0.174. The highest BCUT2D eigenvalue weighted by molar-refractivity contribution is 5.68. The van der Waals surface area contributed by atoms with Crippen molar-refractivity contribution in [3.63, 3.8) is 0 Å². The summed E-state index contributed by atoms with van der Waals surface area (Å²) in [6, 6.07) is 0. The molecule has 0 heteroatoms. The fourth-order valence-electron chi connectivity index (χ4n) is 7.75. The van der Waals surface area contributed by atoms with Crippen molar-refractivity contribution in [1.82, 2.24) is 0 Å². The molecule has 138 valence electrons. The molecule has 0 spiro atoms. The Morgan fingerprint density at radius 2 is 1.28 bits per heavy atom. The van der Waals surface area contributed by atoms with Crippen LogP contribution in [0.25, 0.3) is 0 Å². The van der Waals surface area contributed by atoms with Crippen LogP contribution in [-0.4, -0.2) is 0 Å². The lowest BCUT2D eigenvalue weighted by Crippen LogP contribution is -2.41. The molecule has 4 bridgehead atoms. The second-order valence-electron chi connectivity index (χ2n) is 10.1. The maximum absolute atomic E-state index is 2.37. The first-order valence-corrected chi connectivity index (χ1v) is 11.8. The third kappa shape index (κ3) is 2.45. The Hall–Kier alpha value is -0.520. The maximum atomic E-state index is 2.37. The zero-order valence-corrected chi connectivity index (χ0v) is 16.7. The minimum atomic E-state index is 0.989. The number of hydrogen-bond acceptors (Lipinski definition) is 0. The van der Waals surface area contributed by atoms with Crippen molar-refractivity contribution in [2.24, 2.45) is 35.5 Å². The predicted octanol–water partition coefficient (Wildman–Crippen LogP) is 7.46. The van der Waals surface area contributed by atoms with E-state index in [-0.39, 0.29) is 0 Å². The van der Waals surface area contributed by atoms with Gasteiger partial charge >= 0.3 is 0 Å². The highest BCUT2D eigenvalue weighted by atomic mass is 14.6. The Morgan fingerprint density at radius 1 is 0.600 bits per heavy atom. The van der Waals surface area contributed by atoms with Crippen molar-refractivity contribution in [3.05, 3.63) is 22.3 Å². The van der Waals surface area contributed by atoms with Crippen LogP contribution in [0.1, 0.15) is 97.3 Å². The number of rotatable bonds is 8. The zero-order valence-electron chi connectivity index (χ0n) is 16.7. The van der Waals surface area contributed by atoms with E-state index in [1.165, 1.54) is 64.2 Å². The number of fused-ring (bicyclic) bond motifs is 6. The van der Waals surface area contributed by atoms with Gasteiger partial charge in [0.2, 0.25) is 0 Å². The highest BCUT2D eigenvalue weighted by Gasteiger charge is 2.57. The average Bonchev–Trinajstić information content (AvgIpc) is 3.13. The molecular weight excluding hydrogens is 300 g/mol. The van der Waals surface area contributed by atoms with Crippen LogP contribution in [0.15, 0.2) is 22.3 Å². The fourth-order valence-corrected chi connectivity index (χ4v) is 7.75. The first-order chi connectivity index (χ1) is 12.3. The molecule has 0 nitrogen and oxygen atoms in total. The van der Waals surface area contributed by atoms with Crippen LogP contribution in [0.5, 0.6) is 0 Å². The molecule has 25 heavy (non-hydrogen) atoms. The molecule has 2 saturated carbocycles. The zero-order chi connectivity index (χ0) is 17.0. The molecule has 0 radical (unpaired) electrons. The van der Waals surface area contributed by atoms with Crippen LogP contribution in [0.4, 0.5) is 0 Å². The average molecular weight is 339 g/mol. The van der Waals surface area contributed by atoms with Crippen LogP contribution in [0, 0.1) is 35.5 Å². The summed E-state index contributed by atoms with van der Waals surface area (Å²) in [5, 5.41) is 0. The van der Waals surface area contributed by atoms with Crippen molar-refractivity contribution >= 4 is 0 Å². The van der Waals surface area contributed by atoms with Gasteiger partial charge in [0, 0.05) is 0 Å². The summed E-state index contributed by atoms with van der Waals surface area (Å²) in [5.74, 6) is 6.10. The number of allylic oxidation sites excluding steroid dienone is 4. The third-order valence-electron chi connectivity index (χ3n) is 8.75. The second-order valence-corrected chi connectivity index (χ2v) is 10.1. The van der Waals surface area contributed by atoms with Gasteiger partial charge in [-0.2, -0.15) is 0 Å². The Kier molecular flexibility index (Phi) is 4.38.